The highest BCUT2D eigenvalue weighted by Gasteiger charge is 2.24. The molecular weight excluding hydrogens is 336 g/mol. The first-order valence-electron chi connectivity index (χ1n) is 7.95. The van der Waals surface area contributed by atoms with Crippen molar-refractivity contribution in [3.05, 3.63) is 82.3 Å². The molecule has 5 nitrogen and oxygen atoms in total. The van der Waals surface area contributed by atoms with E-state index < -0.39 is 6.29 Å². The maximum absolute atomic E-state index is 12.3. The molecule has 1 aliphatic rings. The highest BCUT2D eigenvalue weighted by molar-refractivity contribution is 7.98. The lowest BCUT2D eigenvalue weighted by Crippen LogP contribution is -2.26. The lowest BCUT2D eigenvalue weighted by Gasteiger charge is -2.09. The molecule has 0 fully saturated rings. The Morgan fingerprint density at radius 3 is 2.36 bits per heavy atom. The van der Waals surface area contributed by atoms with Gasteiger partial charge in [0.25, 0.3) is 5.56 Å². The number of nitrogens with one attached hydrogen (secondary N) is 1. The quantitative estimate of drug-likeness (QED) is 0.563. The number of para-hydroxylation sites is 2. The summed E-state index contributed by atoms with van der Waals surface area (Å²) in [7, 11) is 0. The van der Waals surface area contributed by atoms with Gasteiger partial charge >= 0.3 is 0 Å². The molecule has 0 radical (unpaired) electrons. The molecule has 4 rings (SSSR count). The molecule has 3 aromatic rings. The molecule has 0 spiro atoms. The van der Waals surface area contributed by atoms with Crippen LogP contribution in [-0.2, 0) is 12.2 Å². The molecule has 126 valence electrons. The van der Waals surface area contributed by atoms with Crippen LogP contribution in [0.25, 0.3) is 0 Å². The van der Waals surface area contributed by atoms with Gasteiger partial charge < -0.3 is 14.5 Å². The van der Waals surface area contributed by atoms with Crippen LogP contribution < -0.4 is 15.0 Å². The molecule has 0 saturated heterocycles. The second-order valence-electron chi connectivity index (χ2n) is 5.63. The predicted molar refractivity (Wildman–Crippen MR) is 96.1 cm³/mol. The number of hydrogen-bond donors (Lipinski definition) is 1. The average molecular weight is 352 g/mol. The van der Waals surface area contributed by atoms with Crippen molar-refractivity contribution in [3.8, 4) is 11.5 Å². The van der Waals surface area contributed by atoms with Gasteiger partial charge in [-0.3, -0.25) is 4.79 Å². The van der Waals surface area contributed by atoms with Crippen molar-refractivity contribution >= 4 is 11.8 Å². The predicted octanol–water partition coefficient (Wildman–Crippen LogP) is 3.40. The standard InChI is InChI=1S/C19H16N2O3S/c22-18-14(10-17-23-15-8-4-5-9-16(15)24-17)11-20-19(21-18)25-12-13-6-2-1-3-7-13/h1-9,11,17H,10,12H2,(H,20,21,22). The minimum atomic E-state index is -0.497. The molecule has 0 unspecified atom stereocenters. The Morgan fingerprint density at radius 1 is 1.00 bits per heavy atom. The van der Waals surface area contributed by atoms with Crippen LogP contribution in [0.5, 0.6) is 11.5 Å². The van der Waals surface area contributed by atoms with Crippen molar-refractivity contribution in [2.75, 3.05) is 0 Å². The van der Waals surface area contributed by atoms with Crippen molar-refractivity contribution in [2.24, 2.45) is 0 Å². The van der Waals surface area contributed by atoms with Crippen molar-refractivity contribution < 1.29 is 9.47 Å². The van der Waals surface area contributed by atoms with Gasteiger partial charge in [0, 0.05) is 17.5 Å². The van der Waals surface area contributed by atoms with E-state index in [0.717, 1.165) is 5.75 Å². The topological polar surface area (TPSA) is 64.2 Å². The molecule has 6 heteroatoms. The van der Waals surface area contributed by atoms with Gasteiger partial charge in [0.1, 0.15) is 0 Å². The summed E-state index contributed by atoms with van der Waals surface area (Å²) in [5.41, 5.74) is 1.57. The summed E-state index contributed by atoms with van der Waals surface area (Å²) in [6.45, 7) is 0. The van der Waals surface area contributed by atoms with Crippen LogP contribution >= 0.6 is 11.8 Å². The van der Waals surface area contributed by atoms with Crippen LogP contribution in [0.15, 0.2) is 70.7 Å². The average Bonchev–Trinajstić information content (AvgIpc) is 3.05. The molecule has 0 saturated carbocycles. The molecule has 0 atom stereocenters. The Kier molecular flexibility index (Phi) is 4.43. The second kappa shape index (κ2) is 7.03. The summed E-state index contributed by atoms with van der Waals surface area (Å²) in [5.74, 6) is 2.16. The van der Waals surface area contributed by atoms with Gasteiger partial charge in [-0.15, -0.1) is 0 Å². The molecule has 0 aliphatic carbocycles. The van der Waals surface area contributed by atoms with Crippen molar-refractivity contribution in [1.82, 2.24) is 9.97 Å². The van der Waals surface area contributed by atoms with Crippen LogP contribution in [0.1, 0.15) is 11.1 Å². The fourth-order valence-electron chi connectivity index (χ4n) is 2.56. The second-order valence-corrected chi connectivity index (χ2v) is 6.60. The number of thioether (sulfide) groups is 1. The van der Waals surface area contributed by atoms with Gasteiger partial charge in [-0.05, 0) is 17.7 Å². The number of rotatable bonds is 5. The Bertz CT molecular complexity index is 902. The van der Waals surface area contributed by atoms with E-state index in [0.29, 0.717) is 28.6 Å². The first-order valence-corrected chi connectivity index (χ1v) is 8.94. The summed E-state index contributed by atoms with van der Waals surface area (Å²) >= 11 is 1.50. The van der Waals surface area contributed by atoms with Crippen molar-refractivity contribution in [3.63, 3.8) is 0 Å². The Balaban J connectivity index is 1.40. The van der Waals surface area contributed by atoms with E-state index in [-0.39, 0.29) is 5.56 Å². The van der Waals surface area contributed by atoms with E-state index in [9.17, 15) is 4.79 Å². The van der Waals surface area contributed by atoms with Gasteiger partial charge in [-0.1, -0.05) is 54.2 Å². The third-order valence-corrected chi connectivity index (χ3v) is 4.78. The van der Waals surface area contributed by atoms with E-state index >= 15 is 0 Å². The van der Waals surface area contributed by atoms with E-state index in [1.807, 2.05) is 54.6 Å². The molecule has 1 aromatic heterocycles. The largest absolute Gasteiger partial charge is 0.451 e. The third-order valence-electron chi connectivity index (χ3n) is 3.82. The van der Waals surface area contributed by atoms with E-state index in [2.05, 4.69) is 9.97 Å². The Hall–Kier alpha value is -2.73. The monoisotopic (exact) mass is 352 g/mol. The van der Waals surface area contributed by atoms with Crippen LogP contribution in [0.3, 0.4) is 0 Å². The Labute approximate surface area is 149 Å². The minimum Gasteiger partial charge on any atom is -0.451 e. The molecule has 1 N–H and O–H groups in total. The highest BCUT2D eigenvalue weighted by atomic mass is 32.2. The van der Waals surface area contributed by atoms with Crippen LogP contribution in [-0.4, -0.2) is 16.3 Å². The molecule has 1 aliphatic heterocycles. The number of hydrogen-bond acceptors (Lipinski definition) is 5. The maximum Gasteiger partial charge on any atom is 0.254 e. The zero-order valence-corrected chi connectivity index (χ0v) is 14.2. The third kappa shape index (κ3) is 3.69. The zero-order chi connectivity index (χ0) is 17.1. The summed E-state index contributed by atoms with van der Waals surface area (Å²) in [5, 5.41) is 0.606. The fraction of sp³-hybridized carbons (Fsp3) is 0.158. The van der Waals surface area contributed by atoms with Crippen molar-refractivity contribution in [2.45, 2.75) is 23.6 Å². The Morgan fingerprint density at radius 2 is 1.68 bits per heavy atom. The number of benzene rings is 2. The van der Waals surface area contributed by atoms with Crippen LogP contribution in [0.4, 0.5) is 0 Å². The lowest BCUT2D eigenvalue weighted by molar-refractivity contribution is 0.0498. The number of ether oxygens (including phenoxy) is 2. The molecule has 0 bridgehead atoms. The molecule has 2 aromatic carbocycles. The van der Waals surface area contributed by atoms with E-state index in [1.54, 1.807) is 6.20 Å². The van der Waals surface area contributed by atoms with Crippen LogP contribution in [0, 0.1) is 0 Å². The first kappa shape index (κ1) is 15.8. The van der Waals surface area contributed by atoms with Gasteiger partial charge in [-0.25, -0.2) is 4.98 Å². The number of nitrogens with zero attached hydrogens (tertiary/aromatic N) is 1. The highest BCUT2D eigenvalue weighted by Crippen LogP contribution is 2.34. The number of fused-ring (bicyclic) bond motifs is 1. The molecule has 0 amide bonds. The van der Waals surface area contributed by atoms with Gasteiger partial charge in [0.15, 0.2) is 16.7 Å². The van der Waals surface area contributed by atoms with Crippen LogP contribution in [0.2, 0.25) is 0 Å². The molecule has 2 heterocycles. The maximum atomic E-state index is 12.3. The smallest absolute Gasteiger partial charge is 0.254 e. The van der Waals surface area contributed by atoms with E-state index in [1.165, 1.54) is 17.3 Å². The fourth-order valence-corrected chi connectivity index (χ4v) is 3.35. The number of aromatic amines is 1. The molecule has 25 heavy (non-hydrogen) atoms. The molecular formula is C19H16N2O3S. The normalized spacial score (nSPS) is 13.1. The summed E-state index contributed by atoms with van der Waals surface area (Å²) < 4.78 is 11.4. The summed E-state index contributed by atoms with van der Waals surface area (Å²) in [4.78, 5) is 19.5. The zero-order valence-electron chi connectivity index (χ0n) is 13.3. The summed E-state index contributed by atoms with van der Waals surface area (Å²) in [6.07, 6.45) is 1.45. The summed E-state index contributed by atoms with van der Waals surface area (Å²) in [6, 6.07) is 17.5. The van der Waals surface area contributed by atoms with Crippen molar-refractivity contribution in [1.29, 1.82) is 0 Å². The van der Waals surface area contributed by atoms with Gasteiger partial charge in [-0.2, -0.15) is 0 Å². The minimum absolute atomic E-state index is 0.159. The first-order chi connectivity index (χ1) is 12.3. The number of aromatic nitrogens is 2. The van der Waals surface area contributed by atoms with Gasteiger partial charge in [0.2, 0.25) is 6.29 Å². The van der Waals surface area contributed by atoms with Gasteiger partial charge in [0.05, 0.1) is 6.42 Å². The SMILES string of the molecule is O=c1[nH]c(SCc2ccccc2)ncc1CC1Oc2ccccc2O1. The number of H-pyrrole nitrogens is 1. The lowest BCUT2D eigenvalue weighted by atomic mass is 10.2. The van der Waals surface area contributed by atoms with E-state index in [4.69, 9.17) is 9.47 Å².